The van der Waals surface area contributed by atoms with Crippen LogP contribution < -0.4 is 5.32 Å². The molecule has 1 N–H and O–H groups in total. The molecule has 0 spiro atoms. The predicted octanol–water partition coefficient (Wildman–Crippen LogP) is 4.78. The van der Waals surface area contributed by atoms with Gasteiger partial charge in [0, 0.05) is 23.5 Å². The highest BCUT2D eigenvalue weighted by atomic mass is 35.5. The van der Waals surface area contributed by atoms with Crippen LogP contribution >= 0.6 is 11.6 Å². The molecule has 178 valence electrons. The van der Waals surface area contributed by atoms with Gasteiger partial charge in [-0.05, 0) is 73.8 Å². The number of hydrogen-bond acceptors (Lipinski definition) is 3. The first-order valence-corrected chi connectivity index (χ1v) is 12.3. The molecule has 2 aromatic carbocycles. The summed E-state index contributed by atoms with van der Waals surface area (Å²) in [5, 5.41) is 4.19. The molecule has 34 heavy (non-hydrogen) atoms. The zero-order chi connectivity index (χ0) is 23.8. The molecule has 0 radical (unpaired) electrons. The molecule has 1 unspecified atom stereocenters. The summed E-state index contributed by atoms with van der Waals surface area (Å²) >= 11 is 6.42. The topological polar surface area (TPSA) is 60.3 Å². The molecule has 7 heteroatoms. The first-order chi connectivity index (χ1) is 16.4. The van der Waals surface area contributed by atoms with Crippen LogP contribution in [0, 0.1) is 11.7 Å². The maximum Gasteiger partial charge on any atom is 0.325 e. The number of carbonyl (C=O) groups is 2. The molecule has 3 aromatic rings. The van der Waals surface area contributed by atoms with Crippen molar-refractivity contribution in [3.63, 3.8) is 0 Å². The minimum absolute atomic E-state index is 0.0320. The molecule has 2 aliphatic rings. The molecule has 5 nitrogen and oxygen atoms in total. The van der Waals surface area contributed by atoms with Crippen molar-refractivity contribution in [2.24, 2.45) is 5.92 Å². The fraction of sp³-hybridized carbons (Fsp3) is 0.407. The van der Waals surface area contributed by atoms with Crippen LogP contribution in [0.3, 0.4) is 0 Å². The van der Waals surface area contributed by atoms with Crippen molar-refractivity contribution in [2.75, 3.05) is 6.61 Å². The number of hydrogen-bond donors (Lipinski definition) is 1. The molecule has 2 aliphatic carbocycles. The largest absolute Gasteiger partial charge is 0.465 e. The molecule has 0 saturated carbocycles. The molecule has 0 saturated heterocycles. The number of halogens is 2. The lowest BCUT2D eigenvalue weighted by atomic mass is 9.91. The molecular formula is C27H28ClFN2O3. The summed E-state index contributed by atoms with van der Waals surface area (Å²) in [6.07, 6.45) is 4.39. The minimum Gasteiger partial charge on any atom is -0.465 e. The first kappa shape index (κ1) is 22.9. The van der Waals surface area contributed by atoms with Crippen molar-refractivity contribution in [2.45, 2.75) is 58.0 Å². The van der Waals surface area contributed by atoms with Gasteiger partial charge in [0.1, 0.15) is 12.4 Å². The van der Waals surface area contributed by atoms with Crippen molar-refractivity contribution in [1.29, 1.82) is 0 Å². The number of nitrogens with one attached hydrogen (secondary N) is 1. The van der Waals surface area contributed by atoms with Crippen LogP contribution in [0.5, 0.6) is 0 Å². The van der Waals surface area contributed by atoms with Crippen molar-refractivity contribution in [3.05, 3.63) is 69.6 Å². The van der Waals surface area contributed by atoms with E-state index in [2.05, 4.69) is 17.4 Å². The summed E-state index contributed by atoms with van der Waals surface area (Å²) in [7, 11) is 0. The van der Waals surface area contributed by atoms with Crippen LogP contribution in [-0.2, 0) is 46.6 Å². The van der Waals surface area contributed by atoms with Crippen LogP contribution in [0.15, 0.2) is 36.4 Å². The summed E-state index contributed by atoms with van der Waals surface area (Å²) in [6, 6.07) is 11.1. The van der Waals surface area contributed by atoms with Crippen molar-refractivity contribution in [1.82, 2.24) is 9.88 Å². The quantitative estimate of drug-likeness (QED) is 0.514. The smallest absolute Gasteiger partial charge is 0.325 e. The molecule has 1 heterocycles. The number of fused-ring (bicyclic) bond motifs is 4. The lowest BCUT2D eigenvalue weighted by Gasteiger charge is -2.25. The minimum atomic E-state index is -0.416. The monoisotopic (exact) mass is 482 g/mol. The fourth-order valence-electron chi connectivity index (χ4n) is 5.67. The second-order valence-corrected chi connectivity index (χ2v) is 9.76. The van der Waals surface area contributed by atoms with E-state index in [9.17, 15) is 14.0 Å². The van der Waals surface area contributed by atoms with E-state index in [0.717, 1.165) is 30.5 Å². The maximum atomic E-state index is 14.3. The SMILES string of the molecule is CCOC(=O)Cn1c2c(c3cc(F)cc(Cl)c31)CC(NC(=O)CC1Cc3ccccc3C1)CC2. The number of benzene rings is 2. The molecule has 1 amide bonds. The van der Waals surface area contributed by atoms with Gasteiger partial charge in [0.2, 0.25) is 5.91 Å². The highest BCUT2D eigenvalue weighted by Crippen LogP contribution is 2.37. The Balaban J connectivity index is 1.33. The Morgan fingerprint density at radius 2 is 1.91 bits per heavy atom. The van der Waals surface area contributed by atoms with E-state index in [-0.39, 0.29) is 29.5 Å². The van der Waals surface area contributed by atoms with E-state index < -0.39 is 5.82 Å². The average Bonchev–Trinajstić information content (AvgIpc) is 3.32. The van der Waals surface area contributed by atoms with E-state index in [0.29, 0.717) is 42.7 Å². The third-order valence-corrected chi connectivity index (χ3v) is 7.33. The Labute approximate surface area is 203 Å². The van der Waals surface area contributed by atoms with Gasteiger partial charge < -0.3 is 14.6 Å². The van der Waals surface area contributed by atoms with Crippen LogP contribution in [-0.4, -0.2) is 29.1 Å². The second-order valence-electron chi connectivity index (χ2n) is 9.35. The summed E-state index contributed by atoms with van der Waals surface area (Å²) < 4.78 is 21.3. The number of ether oxygens (including phenoxy) is 1. The Morgan fingerprint density at radius 1 is 1.18 bits per heavy atom. The first-order valence-electron chi connectivity index (χ1n) is 11.9. The van der Waals surface area contributed by atoms with E-state index in [4.69, 9.17) is 16.3 Å². The van der Waals surface area contributed by atoms with Crippen LogP contribution in [0.4, 0.5) is 4.39 Å². The zero-order valence-corrected chi connectivity index (χ0v) is 20.0. The summed E-state index contributed by atoms with van der Waals surface area (Å²) in [4.78, 5) is 25.1. The molecule has 0 aliphatic heterocycles. The van der Waals surface area contributed by atoms with Crippen LogP contribution in [0.25, 0.3) is 10.9 Å². The zero-order valence-electron chi connectivity index (χ0n) is 19.2. The Kier molecular flexibility index (Phi) is 6.34. The highest BCUT2D eigenvalue weighted by Gasteiger charge is 2.30. The normalized spacial score (nSPS) is 17.4. The molecular weight excluding hydrogens is 455 g/mol. The molecule has 1 atom stereocenters. The fourth-order valence-corrected chi connectivity index (χ4v) is 5.98. The van der Waals surface area contributed by atoms with Gasteiger partial charge in [0.05, 0.1) is 17.1 Å². The van der Waals surface area contributed by atoms with Crippen molar-refractivity contribution >= 4 is 34.4 Å². The molecule has 5 rings (SSSR count). The number of amides is 1. The molecule has 0 fully saturated rings. The Hall–Kier alpha value is -2.86. The number of esters is 1. The maximum absolute atomic E-state index is 14.3. The van der Waals surface area contributed by atoms with Crippen molar-refractivity contribution in [3.8, 4) is 0 Å². The van der Waals surface area contributed by atoms with Gasteiger partial charge >= 0.3 is 5.97 Å². The van der Waals surface area contributed by atoms with E-state index in [1.165, 1.54) is 23.3 Å². The van der Waals surface area contributed by atoms with Gasteiger partial charge in [-0.25, -0.2) is 4.39 Å². The Morgan fingerprint density at radius 3 is 2.62 bits per heavy atom. The van der Waals surface area contributed by atoms with E-state index in [1.54, 1.807) is 6.92 Å². The molecule has 1 aromatic heterocycles. The standard InChI is InChI=1S/C27H28ClFN2O3/c1-2-34-26(33)15-31-24-8-7-20(14-21(24)22-12-19(29)13-23(28)27(22)31)30-25(32)11-16-9-17-5-3-4-6-18(17)10-16/h3-6,12-13,16,20H,2,7-11,14-15H2,1H3,(H,30,32). The van der Waals surface area contributed by atoms with Gasteiger partial charge in [-0.2, -0.15) is 0 Å². The lowest BCUT2D eigenvalue weighted by molar-refractivity contribution is -0.143. The van der Waals surface area contributed by atoms with Gasteiger partial charge in [-0.15, -0.1) is 0 Å². The molecule has 0 bridgehead atoms. The van der Waals surface area contributed by atoms with Gasteiger partial charge in [0.15, 0.2) is 0 Å². The number of aromatic nitrogens is 1. The average molecular weight is 483 g/mol. The summed E-state index contributed by atoms with van der Waals surface area (Å²) in [5.74, 6) is -0.377. The number of nitrogens with zero attached hydrogens (tertiary/aromatic N) is 1. The summed E-state index contributed by atoms with van der Waals surface area (Å²) in [5.41, 5.74) is 5.25. The summed E-state index contributed by atoms with van der Waals surface area (Å²) in [6.45, 7) is 2.09. The highest BCUT2D eigenvalue weighted by molar-refractivity contribution is 6.35. The van der Waals surface area contributed by atoms with Crippen LogP contribution in [0.2, 0.25) is 5.02 Å². The second kappa shape index (κ2) is 9.41. The third-order valence-electron chi connectivity index (χ3n) is 7.04. The number of carbonyl (C=O) groups excluding carboxylic acids is 2. The van der Waals surface area contributed by atoms with Crippen molar-refractivity contribution < 1.29 is 18.7 Å². The van der Waals surface area contributed by atoms with Gasteiger partial charge in [-0.3, -0.25) is 9.59 Å². The van der Waals surface area contributed by atoms with E-state index in [1.807, 2.05) is 16.7 Å². The van der Waals surface area contributed by atoms with Gasteiger partial charge in [-0.1, -0.05) is 35.9 Å². The van der Waals surface area contributed by atoms with E-state index >= 15 is 0 Å². The predicted molar refractivity (Wildman–Crippen MR) is 129 cm³/mol. The van der Waals surface area contributed by atoms with Crippen LogP contribution in [0.1, 0.15) is 42.1 Å². The third kappa shape index (κ3) is 4.43. The Bertz CT molecular complexity index is 1240. The number of rotatable bonds is 6. The lowest BCUT2D eigenvalue weighted by Crippen LogP contribution is -2.39. The van der Waals surface area contributed by atoms with Gasteiger partial charge in [0.25, 0.3) is 0 Å².